The van der Waals surface area contributed by atoms with Crippen molar-refractivity contribution in [3.05, 3.63) is 82.4 Å². The van der Waals surface area contributed by atoms with Crippen LogP contribution in [0.25, 0.3) is 28.7 Å². The highest BCUT2D eigenvalue weighted by Gasteiger charge is 2.16. The van der Waals surface area contributed by atoms with E-state index in [9.17, 15) is 9.18 Å². The van der Waals surface area contributed by atoms with Gasteiger partial charge in [-0.1, -0.05) is 35.0 Å². The number of benzene rings is 2. The second kappa shape index (κ2) is 6.36. The molecule has 6 nitrogen and oxygen atoms in total. The summed E-state index contributed by atoms with van der Waals surface area (Å²) in [6, 6.07) is 14.8. The fourth-order valence-electron chi connectivity index (χ4n) is 2.54. The smallest absolute Gasteiger partial charge is 0.282 e. The van der Waals surface area contributed by atoms with E-state index in [4.69, 9.17) is 4.52 Å². The summed E-state index contributed by atoms with van der Waals surface area (Å²) < 4.78 is 20.1. The van der Waals surface area contributed by atoms with Crippen LogP contribution >= 0.6 is 0 Å². The monoisotopic (exact) mass is 348 g/mol. The first kappa shape index (κ1) is 15.9. The molecule has 128 valence electrons. The molecule has 0 saturated carbocycles. The van der Waals surface area contributed by atoms with Gasteiger partial charge in [-0.05, 0) is 31.2 Å². The minimum Gasteiger partial charge on any atom is -0.332 e. The van der Waals surface area contributed by atoms with E-state index in [-0.39, 0.29) is 17.0 Å². The summed E-state index contributed by atoms with van der Waals surface area (Å²) in [6.07, 6.45) is 1.46. The number of hydrogen-bond acceptors (Lipinski definition) is 5. The molecule has 4 rings (SSSR count). The van der Waals surface area contributed by atoms with Crippen molar-refractivity contribution < 1.29 is 8.91 Å². The van der Waals surface area contributed by atoms with E-state index in [2.05, 4.69) is 15.2 Å². The third kappa shape index (κ3) is 3.02. The molecule has 0 fully saturated rings. The van der Waals surface area contributed by atoms with Crippen LogP contribution in [0.5, 0.6) is 0 Å². The minimum absolute atomic E-state index is 0.00293. The fourth-order valence-corrected chi connectivity index (χ4v) is 2.54. The van der Waals surface area contributed by atoms with Gasteiger partial charge in [0.1, 0.15) is 5.82 Å². The van der Waals surface area contributed by atoms with Crippen LogP contribution in [0.2, 0.25) is 0 Å². The molecule has 0 saturated heterocycles. The van der Waals surface area contributed by atoms with Gasteiger partial charge in [0.05, 0.1) is 5.69 Å². The van der Waals surface area contributed by atoms with Gasteiger partial charge in [-0.15, -0.1) is 0 Å². The summed E-state index contributed by atoms with van der Waals surface area (Å²) in [5, 5.41) is 8.15. The van der Waals surface area contributed by atoms with Crippen molar-refractivity contribution in [1.29, 1.82) is 0 Å². The molecule has 0 atom stereocenters. The van der Waals surface area contributed by atoms with E-state index >= 15 is 0 Å². The maximum atomic E-state index is 13.4. The summed E-state index contributed by atoms with van der Waals surface area (Å²) in [4.78, 5) is 16.5. The Bertz CT molecular complexity index is 1150. The molecule has 0 radical (unpaired) electrons. The SMILES string of the molecule is Cc1cccc(-c2noc(-c3nn(-c4cccc(F)c4)ccc3=O)n2)c1. The van der Waals surface area contributed by atoms with Gasteiger partial charge in [0.2, 0.25) is 11.3 Å². The molecule has 2 aromatic heterocycles. The van der Waals surface area contributed by atoms with Crippen molar-refractivity contribution in [2.24, 2.45) is 0 Å². The molecule has 0 aliphatic rings. The molecule has 0 spiro atoms. The van der Waals surface area contributed by atoms with E-state index in [1.807, 2.05) is 31.2 Å². The molecule has 0 bridgehead atoms. The summed E-state index contributed by atoms with van der Waals surface area (Å²) >= 11 is 0. The van der Waals surface area contributed by atoms with Gasteiger partial charge in [0.15, 0.2) is 5.69 Å². The number of hydrogen-bond donors (Lipinski definition) is 0. The lowest BCUT2D eigenvalue weighted by atomic mass is 10.1. The molecule has 0 amide bonds. The molecule has 2 aromatic carbocycles. The van der Waals surface area contributed by atoms with Gasteiger partial charge in [0, 0.05) is 17.8 Å². The maximum absolute atomic E-state index is 13.4. The average Bonchev–Trinajstić information content (AvgIpc) is 3.12. The highest BCUT2D eigenvalue weighted by atomic mass is 19.1. The van der Waals surface area contributed by atoms with E-state index in [1.165, 1.54) is 29.1 Å². The Kier molecular flexibility index (Phi) is 3.89. The lowest BCUT2D eigenvalue weighted by Gasteiger charge is -2.05. The van der Waals surface area contributed by atoms with Gasteiger partial charge in [-0.25, -0.2) is 9.07 Å². The summed E-state index contributed by atoms with van der Waals surface area (Å²) in [6.45, 7) is 1.96. The Morgan fingerprint density at radius 2 is 1.92 bits per heavy atom. The molecule has 0 aliphatic heterocycles. The van der Waals surface area contributed by atoms with Crippen molar-refractivity contribution in [2.45, 2.75) is 6.92 Å². The van der Waals surface area contributed by atoms with Crippen LogP contribution in [0.15, 0.2) is 70.1 Å². The Labute approximate surface area is 147 Å². The number of nitrogens with zero attached hydrogens (tertiary/aromatic N) is 4. The predicted molar refractivity (Wildman–Crippen MR) is 93.3 cm³/mol. The van der Waals surface area contributed by atoms with Crippen LogP contribution in [-0.4, -0.2) is 19.9 Å². The van der Waals surface area contributed by atoms with Gasteiger partial charge in [-0.3, -0.25) is 4.79 Å². The molecule has 26 heavy (non-hydrogen) atoms. The van der Waals surface area contributed by atoms with Crippen LogP contribution in [0.4, 0.5) is 4.39 Å². The predicted octanol–water partition coefficient (Wildman–Crippen LogP) is 3.40. The van der Waals surface area contributed by atoms with E-state index in [1.54, 1.807) is 12.1 Å². The van der Waals surface area contributed by atoms with E-state index in [0.29, 0.717) is 11.5 Å². The van der Waals surface area contributed by atoms with Crippen molar-refractivity contribution in [2.75, 3.05) is 0 Å². The Balaban J connectivity index is 1.77. The summed E-state index contributed by atoms with van der Waals surface area (Å²) in [7, 11) is 0. The lowest BCUT2D eigenvalue weighted by Crippen LogP contribution is -2.12. The van der Waals surface area contributed by atoms with Crippen LogP contribution < -0.4 is 5.43 Å². The highest BCUT2D eigenvalue weighted by Crippen LogP contribution is 2.20. The minimum atomic E-state index is -0.399. The third-order valence-electron chi connectivity index (χ3n) is 3.79. The second-order valence-corrected chi connectivity index (χ2v) is 5.75. The first-order valence-electron chi connectivity index (χ1n) is 7.87. The average molecular weight is 348 g/mol. The van der Waals surface area contributed by atoms with Gasteiger partial charge < -0.3 is 4.52 Å². The van der Waals surface area contributed by atoms with Crippen LogP contribution in [-0.2, 0) is 0 Å². The van der Waals surface area contributed by atoms with Crippen molar-refractivity contribution >= 4 is 0 Å². The summed E-state index contributed by atoms with van der Waals surface area (Å²) in [5.41, 5.74) is 1.95. The van der Waals surface area contributed by atoms with Crippen molar-refractivity contribution in [1.82, 2.24) is 19.9 Å². The third-order valence-corrected chi connectivity index (χ3v) is 3.79. The van der Waals surface area contributed by atoms with Gasteiger partial charge in [0.25, 0.3) is 5.89 Å². The van der Waals surface area contributed by atoms with Crippen molar-refractivity contribution in [3.8, 4) is 28.7 Å². The number of aromatic nitrogens is 4. The van der Waals surface area contributed by atoms with E-state index < -0.39 is 5.82 Å². The second-order valence-electron chi connectivity index (χ2n) is 5.75. The molecule has 4 aromatic rings. The Morgan fingerprint density at radius 3 is 2.73 bits per heavy atom. The van der Waals surface area contributed by atoms with Gasteiger partial charge >= 0.3 is 0 Å². The zero-order valence-corrected chi connectivity index (χ0v) is 13.8. The normalized spacial score (nSPS) is 10.8. The zero-order chi connectivity index (χ0) is 18.1. The number of halogens is 1. The van der Waals surface area contributed by atoms with E-state index in [0.717, 1.165) is 11.1 Å². The first-order valence-corrected chi connectivity index (χ1v) is 7.87. The summed E-state index contributed by atoms with van der Waals surface area (Å²) in [5.74, 6) is -0.0209. The van der Waals surface area contributed by atoms with Crippen LogP contribution in [0, 0.1) is 12.7 Å². The lowest BCUT2D eigenvalue weighted by molar-refractivity contribution is 0.429. The quantitative estimate of drug-likeness (QED) is 0.567. The number of rotatable bonds is 3. The maximum Gasteiger partial charge on any atom is 0.282 e. The van der Waals surface area contributed by atoms with Crippen LogP contribution in [0.1, 0.15) is 5.56 Å². The Hall–Kier alpha value is -3.61. The molecule has 0 N–H and O–H groups in total. The molecule has 0 unspecified atom stereocenters. The molecule has 2 heterocycles. The van der Waals surface area contributed by atoms with Gasteiger partial charge in [-0.2, -0.15) is 10.1 Å². The standard InChI is InChI=1S/C19H13FN4O2/c1-12-4-2-5-13(10-12)18-21-19(26-23-18)17-16(25)8-9-24(22-17)15-7-3-6-14(20)11-15/h2-11H,1H3. The molecule has 0 aliphatic carbocycles. The molecular weight excluding hydrogens is 335 g/mol. The fraction of sp³-hybridized carbons (Fsp3) is 0.0526. The first-order chi connectivity index (χ1) is 12.6. The highest BCUT2D eigenvalue weighted by molar-refractivity contribution is 5.58. The largest absolute Gasteiger partial charge is 0.332 e. The number of aryl methyl sites for hydroxylation is 1. The Morgan fingerprint density at radius 1 is 1.08 bits per heavy atom. The molecular formula is C19H13FN4O2. The topological polar surface area (TPSA) is 73.8 Å². The molecule has 7 heteroatoms. The van der Waals surface area contributed by atoms with Crippen molar-refractivity contribution in [3.63, 3.8) is 0 Å². The zero-order valence-electron chi connectivity index (χ0n) is 13.8. The van der Waals surface area contributed by atoms with Crippen LogP contribution in [0.3, 0.4) is 0 Å².